The van der Waals surface area contributed by atoms with Crippen molar-refractivity contribution in [3.8, 4) is 5.75 Å². The van der Waals surface area contributed by atoms with Crippen LogP contribution in [0.4, 0.5) is 4.39 Å². The molecular weight excluding hydrogens is 341 g/mol. The Morgan fingerprint density at radius 1 is 1.11 bits per heavy atom. The summed E-state index contributed by atoms with van der Waals surface area (Å²) in [6.45, 7) is 1.34. The molecule has 0 spiro atoms. The molecule has 2 aromatic rings. The Morgan fingerprint density at radius 2 is 1.89 bits per heavy atom. The smallest absolute Gasteiger partial charge is 0.127 e. The monoisotopic (exact) mass is 369 g/mol. The maximum atomic E-state index is 14.3. The summed E-state index contributed by atoms with van der Waals surface area (Å²) in [5, 5.41) is 11.3. The number of hydrogen-bond acceptors (Lipinski definition) is 3. The van der Waals surface area contributed by atoms with Gasteiger partial charge in [-0.05, 0) is 43.0 Å². The van der Waals surface area contributed by atoms with E-state index in [2.05, 4.69) is 17.0 Å². The third-order valence-corrected chi connectivity index (χ3v) is 6.46. The van der Waals surface area contributed by atoms with Crippen LogP contribution in [-0.4, -0.2) is 29.3 Å². The second-order valence-corrected chi connectivity index (χ2v) is 7.99. The van der Waals surface area contributed by atoms with Gasteiger partial charge in [0.05, 0.1) is 12.7 Å². The topological polar surface area (TPSA) is 32.7 Å². The van der Waals surface area contributed by atoms with E-state index in [0.717, 1.165) is 50.0 Å². The number of benzene rings is 2. The molecule has 0 amide bonds. The summed E-state index contributed by atoms with van der Waals surface area (Å²) in [5.74, 6) is 0.852. The van der Waals surface area contributed by atoms with Gasteiger partial charge in [-0.15, -0.1) is 0 Å². The Bertz CT molecular complexity index is 778. The molecule has 2 aliphatic rings. The molecule has 1 aliphatic carbocycles. The van der Waals surface area contributed by atoms with E-state index in [9.17, 15) is 9.50 Å². The van der Waals surface area contributed by atoms with Crippen LogP contribution in [0.15, 0.2) is 48.5 Å². The summed E-state index contributed by atoms with van der Waals surface area (Å²) >= 11 is 0. The van der Waals surface area contributed by atoms with Crippen LogP contribution < -0.4 is 4.74 Å². The second-order valence-electron chi connectivity index (χ2n) is 7.99. The van der Waals surface area contributed by atoms with E-state index in [-0.39, 0.29) is 17.8 Å². The molecule has 4 heteroatoms. The molecule has 144 valence electrons. The quantitative estimate of drug-likeness (QED) is 0.848. The van der Waals surface area contributed by atoms with Crippen LogP contribution in [-0.2, 0) is 6.54 Å². The zero-order valence-electron chi connectivity index (χ0n) is 15.9. The summed E-state index contributed by atoms with van der Waals surface area (Å²) in [5.41, 5.74) is 1.30. The first-order valence-electron chi connectivity index (χ1n) is 9.94. The van der Waals surface area contributed by atoms with Gasteiger partial charge in [-0.25, -0.2) is 4.39 Å². The van der Waals surface area contributed by atoms with Gasteiger partial charge in [-0.2, -0.15) is 0 Å². The van der Waals surface area contributed by atoms with Crippen molar-refractivity contribution >= 4 is 0 Å². The lowest BCUT2D eigenvalue weighted by Crippen LogP contribution is -2.54. The number of methoxy groups -OCH3 is 1. The first kappa shape index (κ1) is 18.5. The van der Waals surface area contributed by atoms with Crippen LogP contribution in [0.25, 0.3) is 0 Å². The Kier molecular flexibility index (Phi) is 5.20. The van der Waals surface area contributed by atoms with Crippen molar-refractivity contribution in [2.45, 2.75) is 50.3 Å². The van der Waals surface area contributed by atoms with Gasteiger partial charge in [-0.3, -0.25) is 4.90 Å². The second kappa shape index (κ2) is 7.61. The van der Waals surface area contributed by atoms with E-state index in [1.807, 2.05) is 24.3 Å². The molecule has 1 aliphatic heterocycles. The van der Waals surface area contributed by atoms with E-state index in [1.54, 1.807) is 13.2 Å². The number of nitrogens with zero attached hydrogens (tertiary/aromatic N) is 1. The fraction of sp³-hybridized carbons (Fsp3) is 0.478. The molecule has 1 N–H and O–H groups in total. The highest BCUT2D eigenvalue weighted by atomic mass is 19.1. The number of piperidine rings is 1. The minimum Gasteiger partial charge on any atom is -0.497 e. The number of likely N-dealkylation sites (tertiary alicyclic amines) is 1. The lowest BCUT2D eigenvalue weighted by Gasteiger charge is -2.52. The van der Waals surface area contributed by atoms with Crippen molar-refractivity contribution in [1.82, 2.24) is 4.90 Å². The zero-order valence-corrected chi connectivity index (χ0v) is 15.9. The summed E-state index contributed by atoms with van der Waals surface area (Å²) in [6, 6.07) is 15.3. The van der Waals surface area contributed by atoms with E-state index >= 15 is 0 Å². The van der Waals surface area contributed by atoms with Gasteiger partial charge in [0.25, 0.3) is 0 Å². The predicted molar refractivity (Wildman–Crippen MR) is 104 cm³/mol. The number of hydrogen-bond donors (Lipinski definition) is 1. The van der Waals surface area contributed by atoms with Crippen molar-refractivity contribution in [3.63, 3.8) is 0 Å². The van der Waals surface area contributed by atoms with E-state index in [4.69, 9.17) is 4.74 Å². The summed E-state index contributed by atoms with van der Waals surface area (Å²) in [6.07, 6.45) is 4.89. The number of rotatable bonds is 4. The Balaban J connectivity index is 1.69. The van der Waals surface area contributed by atoms with Crippen molar-refractivity contribution in [2.24, 2.45) is 5.92 Å². The number of halogens is 1. The van der Waals surface area contributed by atoms with Crippen LogP contribution in [0.3, 0.4) is 0 Å². The summed E-state index contributed by atoms with van der Waals surface area (Å²) < 4.78 is 19.6. The van der Waals surface area contributed by atoms with E-state index in [0.29, 0.717) is 6.54 Å². The van der Waals surface area contributed by atoms with Gasteiger partial charge < -0.3 is 9.84 Å². The normalized spacial score (nSPS) is 28.6. The van der Waals surface area contributed by atoms with Crippen LogP contribution in [0.1, 0.15) is 49.3 Å². The fourth-order valence-electron chi connectivity index (χ4n) is 5.01. The average Bonchev–Trinajstić information content (AvgIpc) is 2.70. The van der Waals surface area contributed by atoms with Crippen molar-refractivity contribution < 1.29 is 14.2 Å². The molecule has 0 bridgehead atoms. The molecule has 1 heterocycles. The highest BCUT2D eigenvalue weighted by molar-refractivity contribution is 5.31. The van der Waals surface area contributed by atoms with Gasteiger partial charge >= 0.3 is 0 Å². The molecule has 1 saturated heterocycles. The van der Waals surface area contributed by atoms with Gasteiger partial charge in [0.15, 0.2) is 0 Å². The fourth-order valence-corrected chi connectivity index (χ4v) is 5.01. The lowest BCUT2D eigenvalue weighted by atomic mass is 9.66. The van der Waals surface area contributed by atoms with Gasteiger partial charge in [0.1, 0.15) is 11.6 Å². The molecule has 3 nitrogen and oxygen atoms in total. The maximum Gasteiger partial charge on any atom is 0.127 e. The van der Waals surface area contributed by atoms with Gasteiger partial charge in [0.2, 0.25) is 0 Å². The average molecular weight is 369 g/mol. The zero-order chi connectivity index (χ0) is 18.9. The highest BCUT2D eigenvalue weighted by Crippen LogP contribution is 2.49. The molecule has 0 radical (unpaired) electrons. The largest absolute Gasteiger partial charge is 0.497 e. The molecule has 4 rings (SSSR count). The van der Waals surface area contributed by atoms with Crippen LogP contribution >= 0.6 is 0 Å². The van der Waals surface area contributed by atoms with Gasteiger partial charge in [-0.1, -0.05) is 43.2 Å². The highest BCUT2D eigenvalue weighted by Gasteiger charge is 2.48. The third kappa shape index (κ3) is 3.61. The van der Waals surface area contributed by atoms with Crippen molar-refractivity contribution in [1.29, 1.82) is 0 Å². The van der Waals surface area contributed by atoms with Crippen LogP contribution in [0, 0.1) is 11.7 Å². The first-order chi connectivity index (χ1) is 13.1. The first-order valence-corrected chi connectivity index (χ1v) is 9.94. The van der Waals surface area contributed by atoms with Crippen LogP contribution in [0.2, 0.25) is 0 Å². The molecule has 0 aromatic heterocycles. The molecule has 1 saturated carbocycles. The summed E-state index contributed by atoms with van der Waals surface area (Å²) in [7, 11) is 1.67. The Labute approximate surface area is 160 Å². The molecule has 27 heavy (non-hydrogen) atoms. The molecule has 0 unspecified atom stereocenters. The molecule has 2 aromatic carbocycles. The minimum absolute atomic E-state index is 0.0922. The standard InChI is InChI=1S/C23H28FNO2/c1-27-19-11-9-17(10-12-19)22-20-7-4-5-13-23(20,26)14-15-25(22)16-18-6-2-3-8-21(18)24/h2-3,6,8-12,20,22,26H,4-5,7,13-16H2,1H3/t20-,22-,23-/m0/s1. The number of fused-ring (bicyclic) bond motifs is 1. The summed E-state index contributed by atoms with van der Waals surface area (Å²) in [4.78, 5) is 2.35. The minimum atomic E-state index is -0.603. The Morgan fingerprint density at radius 3 is 2.63 bits per heavy atom. The number of aliphatic hydroxyl groups is 1. The molecular formula is C23H28FNO2. The predicted octanol–water partition coefficient (Wildman–Crippen LogP) is 4.70. The van der Waals surface area contributed by atoms with E-state index < -0.39 is 5.60 Å². The van der Waals surface area contributed by atoms with Crippen molar-refractivity contribution in [2.75, 3.05) is 13.7 Å². The van der Waals surface area contributed by atoms with E-state index in [1.165, 1.54) is 11.6 Å². The van der Waals surface area contributed by atoms with Gasteiger partial charge in [0, 0.05) is 30.6 Å². The third-order valence-electron chi connectivity index (χ3n) is 6.46. The lowest BCUT2D eigenvalue weighted by molar-refractivity contribution is -0.126. The number of ether oxygens (including phenoxy) is 1. The maximum absolute atomic E-state index is 14.3. The van der Waals surface area contributed by atoms with Crippen molar-refractivity contribution in [3.05, 3.63) is 65.5 Å². The molecule has 2 fully saturated rings. The SMILES string of the molecule is COc1ccc([C@H]2[C@@H]3CCCC[C@]3(O)CCN2Cc2ccccc2F)cc1. The van der Waals surface area contributed by atoms with Crippen LogP contribution in [0.5, 0.6) is 5.75 Å². The Hall–Kier alpha value is -1.91. The molecule has 3 atom stereocenters.